The Kier molecular flexibility index (Phi) is 286. The van der Waals surface area contributed by atoms with Crippen LogP contribution in [0.3, 0.4) is 0 Å². The average molecular weight is 153 g/mol. The first-order valence-electron chi connectivity index (χ1n) is 0. The summed E-state index contributed by atoms with van der Waals surface area (Å²) in [4.78, 5) is 0. The molecule has 0 fully saturated rings. The van der Waals surface area contributed by atoms with Crippen molar-refractivity contribution < 1.29 is 34.4 Å². The average Bonchev–Trinajstić information content (AvgIpc) is 0. The molecule has 25 valence electrons. The van der Waals surface area contributed by atoms with Gasteiger partial charge in [0.25, 0.3) is 0 Å². The molecule has 0 N–H and O–H groups in total. The van der Waals surface area contributed by atoms with E-state index in [1.807, 2.05) is 0 Å². The summed E-state index contributed by atoms with van der Waals surface area (Å²) >= 11 is 0. The molecule has 4 heavy (non-hydrogen) atoms. The third kappa shape index (κ3) is 9.62. The third-order valence-corrected chi connectivity index (χ3v) is 0. The van der Waals surface area contributed by atoms with E-state index in [1.165, 1.54) is 0 Å². The van der Waals surface area contributed by atoms with Crippen molar-refractivity contribution in [3.05, 3.63) is 0 Å². The van der Waals surface area contributed by atoms with Gasteiger partial charge in [-0.3, -0.25) is 0 Å². The van der Waals surface area contributed by atoms with Crippen molar-refractivity contribution in [2.75, 3.05) is 0 Å². The largest absolute Gasteiger partial charge is 0.153 e. The minimum absolute atomic E-state index is 0. The molecule has 0 bridgehead atoms. The van der Waals surface area contributed by atoms with Crippen LogP contribution in [-0.4, -0.2) is 8.41 Å². The Bertz CT molecular complexity index is 8.00. The van der Waals surface area contributed by atoms with E-state index in [2.05, 4.69) is 0 Å². The molecule has 4 heteroatoms. The van der Waals surface area contributed by atoms with Crippen molar-refractivity contribution in [1.82, 2.24) is 0 Å². The normalized spacial score (nSPS) is 0. The first kappa shape index (κ1) is 47.9. The molecule has 0 aromatic heterocycles. The Morgan fingerprint density at radius 2 is 1.00 bits per heavy atom. The molecule has 0 aliphatic heterocycles. The fourth-order valence-corrected chi connectivity index (χ4v) is 0. The van der Waals surface area contributed by atoms with Gasteiger partial charge in [-0.05, 0) is 0 Å². The summed E-state index contributed by atoms with van der Waals surface area (Å²) in [6, 6.07) is 0. The van der Waals surface area contributed by atoms with E-state index in [0.717, 1.165) is 0 Å². The Morgan fingerprint density at radius 3 is 1.00 bits per heavy atom. The molecule has 0 aliphatic carbocycles. The van der Waals surface area contributed by atoms with Crippen molar-refractivity contribution in [2.24, 2.45) is 0 Å². The molecule has 0 spiro atoms. The fourth-order valence-electron chi connectivity index (χ4n) is 0. The zero-order valence-corrected chi connectivity index (χ0v) is 5.84. The second-order valence-electron chi connectivity index (χ2n) is 0. The number of hydrogen-bond acceptors (Lipinski definition) is 0. The third-order valence-electron chi connectivity index (χ3n) is 0. The molecule has 0 amide bonds. The predicted molar refractivity (Wildman–Crippen MR) is 16.9 cm³/mol. The van der Waals surface area contributed by atoms with Crippen LogP contribution in [0, 0.1) is 0 Å². The van der Waals surface area contributed by atoms with Crippen LogP contribution >= 0.6 is 9.90 Å². The SMILES string of the molecule is P.[B].[Cr].[Fe]. The Hall–Kier alpha value is 1.55. The van der Waals surface area contributed by atoms with Gasteiger partial charge < -0.3 is 0 Å². The summed E-state index contributed by atoms with van der Waals surface area (Å²) in [7, 11) is 0. The van der Waals surface area contributed by atoms with E-state index < -0.39 is 0 Å². The Labute approximate surface area is 52.9 Å². The summed E-state index contributed by atoms with van der Waals surface area (Å²) < 4.78 is 0. The minimum Gasteiger partial charge on any atom is -0.153 e. The van der Waals surface area contributed by atoms with Gasteiger partial charge in [0.2, 0.25) is 0 Å². The first-order chi connectivity index (χ1) is 0. The van der Waals surface area contributed by atoms with E-state index in [-0.39, 0.29) is 52.7 Å². The maximum Gasteiger partial charge on any atom is 0 e. The molecular formula is H3BCrFeP. The number of rotatable bonds is 0. The quantitative estimate of drug-likeness (QED) is 0.330. The van der Waals surface area contributed by atoms with Crippen LogP contribution in [0.5, 0.6) is 0 Å². The maximum absolute atomic E-state index is 0. The van der Waals surface area contributed by atoms with Gasteiger partial charge in [-0.15, -0.1) is 0 Å². The molecule has 0 rings (SSSR count). The molecule has 0 saturated carbocycles. The van der Waals surface area contributed by atoms with E-state index in [0.29, 0.717) is 0 Å². The second-order valence-corrected chi connectivity index (χ2v) is 0. The monoisotopic (exact) mass is 153 g/mol. The van der Waals surface area contributed by atoms with E-state index in [1.54, 1.807) is 0 Å². The van der Waals surface area contributed by atoms with Gasteiger partial charge >= 0.3 is 0 Å². The summed E-state index contributed by atoms with van der Waals surface area (Å²) in [5, 5.41) is 0. The standard InChI is InChI=1S/B.Cr.Fe.H3P/h;;;1H3. The van der Waals surface area contributed by atoms with E-state index in [4.69, 9.17) is 0 Å². The van der Waals surface area contributed by atoms with Crippen molar-refractivity contribution in [3.8, 4) is 0 Å². The van der Waals surface area contributed by atoms with Gasteiger partial charge in [-0.25, -0.2) is 0 Å². The molecule has 1 atom stereocenters. The van der Waals surface area contributed by atoms with E-state index >= 15 is 0 Å². The summed E-state index contributed by atoms with van der Waals surface area (Å²) in [5.41, 5.74) is 0. The summed E-state index contributed by atoms with van der Waals surface area (Å²) in [5.74, 6) is 0. The molecule has 3 radical (unpaired) electrons. The van der Waals surface area contributed by atoms with Gasteiger partial charge in [-0.2, -0.15) is 9.90 Å². The smallest absolute Gasteiger partial charge is 0 e. The zero-order valence-electron chi connectivity index (χ0n) is 2.05. The van der Waals surface area contributed by atoms with Gasteiger partial charge in [0.15, 0.2) is 0 Å². The molecule has 0 aromatic carbocycles. The van der Waals surface area contributed by atoms with Gasteiger partial charge in [0.05, 0.1) is 0 Å². The predicted octanol–water partition coefficient (Wildman–Crippen LogP) is -0.328. The van der Waals surface area contributed by atoms with Gasteiger partial charge in [0.1, 0.15) is 0 Å². The van der Waals surface area contributed by atoms with Crippen molar-refractivity contribution in [1.29, 1.82) is 0 Å². The molecule has 0 heterocycles. The maximum atomic E-state index is 0. The summed E-state index contributed by atoms with van der Waals surface area (Å²) in [6.45, 7) is 0. The molecular weight excluding hydrogens is 150 g/mol. The van der Waals surface area contributed by atoms with Gasteiger partial charge in [-0.1, -0.05) is 0 Å². The van der Waals surface area contributed by atoms with Crippen LogP contribution < -0.4 is 0 Å². The first-order valence-corrected chi connectivity index (χ1v) is 0. The van der Waals surface area contributed by atoms with Crippen LogP contribution in [0.15, 0.2) is 0 Å². The zero-order chi connectivity index (χ0) is 0. The van der Waals surface area contributed by atoms with Gasteiger partial charge in [0, 0.05) is 42.8 Å². The fraction of sp³-hybridized carbons (Fsp3) is 0. The number of hydrogen-bond donors (Lipinski definition) is 0. The molecule has 0 nitrogen and oxygen atoms in total. The Morgan fingerprint density at radius 1 is 1.00 bits per heavy atom. The topological polar surface area (TPSA) is 0 Å². The van der Waals surface area contributed by atoms with Crippen LogP contribution in [0.4, 0.5) is 0 Å². The van der Waals surface area contributed by atoms with Crippen molar-refractivity contribution >= 4 is 18.3 Å². The minimum atomic E-state index is 0. The van der Waals surface area contributed by atoms with E-state index in [9.17, 15) is 0 Å². The molecule has 1 unspecified atom stereocenters. The Balaban J connectivity index is 0. The van der Waals surface area contributed by atoms with Crippen LogP contribution in [-0.2, 0) is 34.4 Å². The van der Waals surface area contributed by atoms with Crippen molar-refractivity contribution in [3.63, 3.8) is 0 Å². The van der Waals surface area contributed by atoms with Crippen LogP contribution in [0.1, 0.15) is 0 Å². The molecule has 0 aliphatic rings. The molecule has 0 saturated heterocycles. The molecule has 0 aromatic rings. The van der Waals surface area contributed by atoms with Crippen LogP contribution in [0.25, 0.3) is 0 Å². The summed E-state index contributed by atoms with van der Waals surface area (Å²) in [6.07, 6.45) is 0. The van der Waals surface area contributed by atoms with Crippen molar-refractivity contribution in [2.45, 2.75) is 0 Å². The van der Waals surface area contributed by atoms with Crippen LogP contribution in [0.2, 0.25) is 0 Å². The second kappa shape index (κ2) is 23.9.